The molecule has 1 saturated heterocycles. The average Bonchev–Trinajstić information content (AvgIpc) is 2.65. The normalized spacial score (nSPS) is 25.5. The maximum Gasteiger partial charge on any atom is 0.155 e. The summed E-state index contributed by atoms with van der Waals surface area (Å²) in [5.41, 5.74) is 2.44. The van der Waals surface area contributed by atoms with Crippen molar-refractivity contribution in [2.45, 2.75) is 18.6 Å². The second-order valence-electron chi connectivity index (χ2n) is 4.21. The minimum absolute atomic E-state index is 0.344. The van der Waals surface area contributed by atoms with Crippen LogP contribution in [0.15, 0.2) is 24.3 Å². The monoisotopic (exact) mass is 207 g/mol. The zero-order valence-electron chi connectivity index (χ0n) is 9.18. The highest BCUT2D eigenvalue weighted by atomic mass is 16.6. The molecule has 1 heterocycles. The van der Waals surface area contributed by atoms with E-state index in [4.69, 9.17) is 4.74 Å². The Morgan fingerprint density at radius 2 is 1.93 bits per heavy atom. The molecule has 0 amide bonds. The van der Waals surface area contributed by atoms with Gasteiger partial charge in [-0.15, -0.1) is 0 Å². The first-order valence-electron chi connectivity index (χ1n) is 5.24. The minimum atomic E-state index is -0.580. The van der Waals surface area contributed by atoms with Crippen molar-refractivity contribution in [3.8, 4) is 0 Å². The number of rotatable bonds is 2. The first-order valence-corrected chi connectivity index (χ1v) is 5.24. The quantitative estimate of drug-likeness (QED) is 0.799. The Kier molecular flexibility index (Phi) is 2.93. The lowest BCUT2D eigenvalue weighted by Crippen LogP contribution is -2.08. The number of anilines is 1. The summed E-state index contributed by atoms with van der Waals surface area (Å²) in [5.74, 6) is 0.344. The Morgan fingerprint density at radius 1 is 1.27 bits per heavy atom. The van der Waals surface area contributed by atoms with Gasteiger partial charge in [-0.1, -0.05) is 12.1 Å². The average molecular weight is 207 g/mol. The maximum absolute atomic E-state index is 9.27. The number of hydrogen-bond acceptors (Lipinski definition) is 3. The van der Waals surface area contributed by atoms with Gasteiger partial charge in [0.25, 0.3) is 0 Å². The van der Waals surface area contributed by atoms with Crippen LogP contribution in [0.3, 0.4) is 0 Å². The molecule has 0 aromatic heterocycles. The highest BCUT2D eigenvalue weighted by Crippen LogP contribution is 2.29. The Morgan fingerprint density at radius 3 is 2.40 bits per heavy atom. The largest absolute Gasteiger partial charge is 0.378 e. The fourth-order valence-electron chi connectivity index (χ4n) is 1.88. The fourth-order valence-corrected chi connectivity index (χ4v) is 1.88. The lowest BCUT2D eigenvalue weighted by molar-refractivity contribution is -0.0589. The van der Waals surface area contributed by atoms with Crippen LogP contribution in [-0.2, 0) is 4.74 Å². The van der Waals surface area contributed by atoms with Gasteiger partial charge in [-0.25, -0.2) is 0 Å². The van der Waals surface area contributed by atoms with E-state index in [0.717, 1.165) is 0 Å². The fraction of sp³-hybridized carbons (Fsp3) is 0.500. The molecule has 1 aliphatic heterocycles. The summed E-state index contributed by atoms with van der Waals surface area (Å²) in [5, 5.41) is 9.27. The van der Waals surface area contributed by atoms with Gasteiger partial charge in [0.15, 0.2) is 6.29 Å². The van der Waals surface area contributed by atoms with Crippen LogP contribution in [0.1, 0.15) is 17.9 Å². The van der Waals surface area contributed by atoms with E-state index in [1.54, 1.807) is 0 Å². The van der Waals surface area contributed by atoms with Crippen LogP contribution in [0, 0.1) is 0 Å². The first-order chi connectivity index (χ1) is 7.16. The number of benzene rings is 1. The molecule has 2 atom stereocenters. The molecular weight excluding hydrogens is 190 g/mol. The SMILES string of the molecule is CN(C)c1ccc(C2COC(O)C2)cc1. The van der Waals surface area contributed by atoms with Gasteiger partial charge in [-0.3, -0.25) is 0 Å². The third kappa shape index (κ3) is 2.30. The highest BCUT2D eigenvalue weighted by molar-refractivity contribution is 5.46. The number of nitrogens with zero attached hydrogens (tertiary/aromatic N) is 1. The van der Waals surface area contributed by atoms with Crippen LogP contribution < -0.4 is 4.90 Å². The molecule has 82 valence electrons. The van der Waals surface area contributed by atoms with Crippen molar-refractivity contribution < 1.29 is 9.84 Å². The van der Waals surface area contributed by atoms with E-state index in [9.17, 15) is 5.11 Å². The van der Waals surface area contributed by atoms with Gasteiger partial charge in [0, 0.05) is 32.1 Å². The molecule has 3 nitrogen and oxygen atoms in total. The number of aliphatic hydroxyl groups excluding tert-OH is 1. The van der Waals surface area contributed by atoms with Gasteiger partial charge in [0.2, 0.25) is 0 Å². The standard InChI is InChI=1S/C12H17NO2/c1-13(2)11-5-3-9(4-6-11)10-7-12(14)15-8-10/h3-6,10,12,14H,7-8H2,1-2H3. The predicted molar refractivity (Wildman–Crippen MR) is 60.1 cm³/mol. The minimum Gasteiger partial charge on any atom is -0.378 e. The van der Waals surface area contributed by atoms with Gasteiger partial charge in [-0.2, -0.15) is 0 Å². The summed E-state index contributed by atoms with van der Waals surface area (Å²) in [6.45, 7) is 0.627. The van der Waals surface area contributed by atoms with E-state index < -0.39 is 6.29 Å². The third-order valence-electron chi connectivity index (χ3n) is 2.86. The van der Waals surface area contributed by atoms with Crippen LogP contribution in [-0.4, -0.2) is 32.1 Å². The molecule has 2 unspecified atom stereocenters. The van der Waals surface area contributed by atoms with Gasteiger partial charge in [0.1, 0.15) is 0 Å². The molecule has 1 aromatic rings. The van der Waals surface area contributed by atoms with Crippen LogP contribution in [0.4, 0.5) is 5.69 Å². The van der Waals surface area contributed by atoms with Gasteiger partial charge >= 0.3 is 0 Å². The maximum atomic E-state index is 9.27. The molecule has 2 rings (SSSR count). The van der Waals surface area contributed by atoms with Crippen LogP contribution in [0.25, 0.3) is 0 Å². The molecular formula is C12H17NO2. The zero-order valence-corrected chi connectivity index (χ0v) is 9.18. The summed E-state index contributed by atoms with van der Waals surface area (Å²) in [4.78, 5) is 2.07. The second-order valence-corrected chi connectivity index (χ2v) is 4.21. The summed E-state index contributed by atoms with van der Waals surface area (Å²) in [6.07, 6.45) is 0.130. The van der Waals surface area contributed by atoms with Crippen LogP contribution >= 0.6 is 0 Å². The molecule has 15 heavy (non-hydrogen) atoms. The lowest BCUT2D eigenvalue weighted by atomic mass is 9.98. The zero-order chi connectivity index (χ0) is 10.8. The second kappa shape index (κ2) is 4.21. The topological polar surface area (TPSA) is 32.7 Å². The first kappa shape index (κ1) is 10.5. The molecule has 0 bridgehead atoms. The van der Waals surface area contributed by atoms with Crippen molar-refractivity contribution in [2.75, 3.05) is 25.6 Å². The summed E-state index contributed by atoms with van der Waals surface area (Å²) < 4.78 is 5.14. The van der Waals surface area contributed by atoms with Crippen LogP contribution in [0.5, 0.6) is 0 Å². The molecule has 1 fully saturated rings. The van der Waals surface area contributed by atoms with E-state index in [0.29, 0.717) is 18.9 Å². The van der Waals surface area contributed by atoms with E-state index >= 15 is 0 Å². The van der Waals surface area contributed by atoms with Gasteiger partial charge in [0.05, 0.1) is 6.61 Å². The highest BCUT2D eigenvalue weighted by Gasteiger charge is 2.24. The number of aliphatic hydroxyl groups is 1. The summed E-state index contributed by atoms with van der Waals surface area (Å²) in [7, 11) is 4.05. The van der Waals surface area contributed by atoms with Crippen molar-refractivity contribution in [2.24, 2.45) is 0 Å². The Hall–Kier alpha value is -1.06. The Labute approximate surface area is 90.3 Å². The lowest BCUT2D eigenvalue weighted by Gasteiger charge is -2.14. The molecule has 0 radical (unpaired) electrons. The molecule has 3 heteroatoms. The summed E-state index contributed by atoms with van der Waals surface area (Å²) >= 11 is 0. The third-order valence-corrected chi connectivity index (χ3v) is 2.86. The molecule has 0 spiro atoms. The van der Waals surface area contributed by atoms with Crippen molar-refractivity contribution in [3.05, 3.63) is 29.8 Å². The van der Waals surface area contributed by atoms with Gasteiger partial charge < -0.3 is 14.7 Å². The molecule has 1 N–H and O–H groups in total. The molecule has 0 aliphatic carbocycles. The molecule has 1 aromatic carbocycles. The van der Waals surface area contributed by atoms with E-state index in [2.05, 4.69) is 29.2 Å². The predicted octanol–water partition coefficient (Wildman–Crippen LogP) is 1.57. The van der Waals surface area contributed by atoms with Crippen molar-refractivity contribution in [1.82, 2.24) is 0 Å². The van der Waals surface area contributed by atoms with E-state index in [1.807, 2.05) is 14.1 Å². The number of hydrogen-bond donors (Lipinski definition) is 1. The van der Waals surface area contributed by atoms with Crippen LogP contribution in [0.2, 0.25) is 0 Å². The summed E-state index contributed by atoms with van der Waals surface area (Å²) in [6, 6.07) is 8.42. The number of ether oxygens (including phenoxy) is 1. The van der Waals surface area contributed by atoms with Crippen molar-refractivity contribution in [3.63, 3.8) is 0 Å². The smallest absolute Gasteiger partial charge is 0.155 e. The van der Waals surface area contributed by atoms with E-state index in [-0.39, 0.29) is 0 Å². The Bertz CT molecular complexity index is 321. The van der Waals surface area contributed by atoms with Crippen molar-refractivity contribution >= 4 is 5.69 Å². The molecule has 1 aliphatic rings. The van der Waals surface area contributed by atoms with Crippen molar-refractivity contribution in [1.29, 1.82) is 0 Å². The molecule has 0 saturated carbocycles. The van der Waals surface area contributed by atoms with Gasteiger partial charge in [-0.05, 0) is 17.7 Å². The Balaban J connectivity index is 2.10. The van der Waals surface area contributed by atoms with E-state index in [1.165, 1.54) is 11.3 Å².